The highest BCUT2D eigenvalue weighted by Gasteiger charge is 2.21. The van der Waals surface area contributed by atoms with Crippen molar-refractivity contribution in [2.75, 3.05) is 25.5 Å². The number of aliphatic hydroxyl groups is 1. The molecule has 1 unspecified atom stereocenters. The van der Waals surface area contributed by atoms with Gasteiger partial charge in [-0.25, -0.2) is 0 Å². The van der Waals surface area contributed by atoms with Crippen LogP contribution in [-0.2, 0) is 4.79 Å². The normalized spacial score (nSPS) is 13.5. The number of para-hydroxylation sites is 2. The lowest BCUT2D eigenvalue weighted by atomic mass is 9.95. The third-order valence-corrected chi connectivity index (χ3v) is 3.47. The molecule has 124 valence electrons. The van der Waals surface area contributed by atoms with Gasteiger partial charge in [-0.3, -0.25) is 4.79 Å². The van der Waals surface area contributed by atoms with Crippen molar-refractivity contribution >= 4 is 11.6 Å². The topological polar surface area (TPSA) is 70.6 Å². The molecule has 0 saturated carbocycles. The van der Waals surface area contributed by atoms with Crippen LogP contribution in [0.3, 0.4) is 0 Å². The van der Waals surface area contributed by atoms with E-state index in [0.717, 1.165) is 12.1 Å². The number of ether oxygens (including phenoxy) is 1. The molecule has 5 nitrogen and oxygen atoms in total. The average molecular weight is 308 g/mol. The summed E-state index contributed by atoms with van der Waals surface area (Å²) in [6, 6.07) is 7.43. The molecule has 0 heterocycles. The van der Waals surface area contributed by atoms with E-state index in [0.29, 0.717) is 18.1 Å². The van der Waals surface area contributed by atoms with Crippen LogP contribution < -0.4 is 15.4 Å². The second-order valence-corrected chi connectivity index (χ2v) is 6.26. The van der Waals surface area contributed by atoms with Crippen molar-refractivity contribution in [2.24, 2.45) is 5.92 Å². The Bertz CT molecular complexity index is 473. The van der Waals surface area contributed by atoms with Gasteiger partial charge in [-0.15, -0.1) is 0 Å². The van der Waals surface area contributed by atoms with Crippen LogP contribution in [0.5, 0.6) is 5.75 Å². The highest BCUT2D eigenvalue weighted by Crippen LogP contribution is 2.22. The van der Waals surface area contributed by atoms with Crippen LogP contribution >= 0.6 is 0 Å². The van der Waals surface area contributed by atoms with Crippen molar-refractivity contribution in [1.82, 2.24) is 5.32 Å². The fraction of sp³-hybridized carbons (Fsp3) is 0.588. The lowest BCUT2D eigenvalue weighted by Gasteiger charge is -2.24. The van der Waals surface area contributed by atoms with Gasteiger partial charge in [-0.1, -0.05) is 26.0 Å². The number of hydrogen-bond donors (Lipinski definition) is 3. The first-order valence-electron chi connectivity index (χ1n) is 7.70. The number of carbonyl (C=O) groups is 1. The Morgan fingerprint density at radius 3 is 2.68 bits per heavy atom. The van der Waals surface area contributed by atoms with Crippen LogP contribution in [0.1, 0.15) is 33.6 Å². The molecule has 0 radical (unpaired) electrons. The summed E-state index contributed by atoms with van der Waals surface area (Å²) in [5.41, 5.74) is -0.101. The number of benzene rings is 1. The Labute approximate surface area is 133 Å². The van der Waals surface area contributed by atoms with Gasteiger partial charge >= 0.3 is 0 Å². The van der Waals surface area contributed by atoms with Crippen molar-refractivity contribution < 1.29 is 14.6 Å². The zero-order chi connectivity index (χ0) is 16.6. The first-order valence-corrected chi connectivity index (χ1v) is 7.70. The monoisotopic (exact) mass is 308 g/mol. The van der Waals surface area contributed by atoms with Crippen LogP contribution in [0.15, 0.2) is 24.3 Å². The number of rotatable bonds is 9. The fourth-order valence-corrected chi connectivity index (χ4v) is 2.01. The molecule has 1 rings (SSSR count). The molecule has 0 aliphatic carbocycles. The SMILES string of the molecule is COc1ccccc1NCC(=O)NCC(C)(O)CCC(C)C. The first kappa shape index (κ1) is 18.3. The minimum Gasteiger partial charge on any atom is -0.495 e. The van der Waals surface area contributed by atoms with Crippen molar-refractivity contribution in [3.8, 4) is 5.75 Å². The van der Waals surface area contributed by atoms with Gasteiger partial charge in [0.25, 0.3) is 0 Å². The predicted octanol–water partition coefficient (Wildman–Crippen LogP) is 2.41. The van der Waals surface area contributed by atoms with E-state index in [4.69, 9.17) is 4.74 Å². The van der Waals surface area contributed by atoms with E-state index in [1.165, 1.54) is 0 Å². The highest BCUT2D eigenvalue weighted by atomic mass is 16.5. The molecule has 3 N–H and O–H groups in total. The molecule has 0 fully saturated rings. The fourth-order valence-electron chi connectivity index (χ4n) is 2.01. The molecule has 1 amide bonds. The van der Waals surface area contributed by atoms with Gasteiger partial charge in [0.1, 0.15) is 5.75 Å². The standard InChI is InChI=1S/C17H28N2O3/c1-13(2)9-10-17(3,21)12-19-16(20)11-18-14-7-5-6-8-15(14)22-4/h5-8,13,18,21H,9-12H2,1-4H3,(H,19,20). The van der Waals surface area contributed by atoms with Crippen molar-refractivity contribution in [3.63, 3.8) is 0 Å². The molecule has 0 spiro atoms. The summed E-state index contributed by atoms with van der Waals surface area (Å²) < 4.78 is 5.21. The van der Waals surface area contributed by atoms with Gasteiger partial charge in [0.15, 0.2) is 0 Å². The Morgan fingerprint density at radius 2 is 2.05 bits per heavy atom. The summed E-state index contributed by atoms with van der Waals surface area (Å²) in [6.45, 7) is 6.38. The summed E-state index contributed by atoms with van der Waals surface area (Å²) in [7, 11) is 1.59. The molecule has 0 bridgehead atoms. The highest BCUT2D eigenvalue weighted by molar-refractivity contribution is 5.81. The van der Waals surface area contributed by atoms with Crippen LogP contribution in [-0.4, -0.2) is 36.8 Å². The average Bonchev–Trinajstić information content (AvgIpc) is 2.49. The van der Waals surface area contributed by atoms with Gasteiger partial charge in [0.05, 0.1) is 24.9 Å². The molecular weight excluding hydrogens is 280 g/mol. The van der Waals surface area contributed by atoms with Gasteiger partial charge in [-0.05, 0) is 37.8 Å². The Morgan fingerprint density at radius 1 is 1.36 bits per heavy atom. The first-order chi connectivity index (χ1) is 10.3. The van der Waals surface area contributed by atoms with Crippen LogP contribution in [0.25, 0.3) is 0 Å². The smallest absolute Gasteiger partial charge is 0.239 e. The Kier molecular flexibility index (Phi) is 7.18. The molecule has 5 heteroatoms. The number of methoxy groups -OCH3 is 1. The molecule has 1 aromatic rings. The number of amides is 1. The predicted molar refractivity (Wildman–Crippen MR) is 89.2 cm³/mol. The van der Waals surface area contributed by atoms with E-state index in [9.17, 15) is 9.90 Å². The zero-order valence-electron chi connectivity index (χ0n) is 14.0. The van der Waals surface area contributed by atoms with E-state index in [1.54, 1.807) is 14.0 Å². The molecular formula is C17H28N2O3. The van der Waals surface area contributed by atoms with Gasteiger partial charge in [0.2, 0.25) is 5.91 Å². The van der Waals surface area contributed by atoms with Crippen molar-refractivity contribution in [1.29, 1.82) is 0 Å². The third kappa shape index (κ3) is 6.80. The summed E-state index contributed by atoms with van der Waals surface area (Å²) in [6.07, 6.45) is 1.60. The van der Waals surface area contributed by atoms with E-state index in [-0.39, 0.29) is 19.0 Å². The second kappa shape index (κ2) is 8.63. The summed E-state index contributed by atoms with van der Waals surface area (Å²) in [4.78, 5) is 11.9. The van der Waals surface area contributed by atoms with Crippen LogP contribution in [0.4, 0.5) is 5.69 Å². The van der Waals surface area contributed by atoms with E-state index >= 15 is 0 Å². The van der Waals surface area contributed by atoms with E-state index in [1.807, 2.05) is 24.3 Å². The zero-order valence-corrected chi connectivity index (χ0v) is 14.0. The number of anilines is 1. The molecule has 1 aromatic carbocycles. The van der Waals surface area contributed by atoms with Gasteiger partial charge < -0.3 is 20.5 Å². The molecule has 0 aliphatic rings. The second-order valence-electron chi connectivity index (χ2n) is 6.26. The molecule has 0 aromatic heterocycles. The molecule has 22 heavy (non-hydrogen) atoms. The van der Waals surface area contributed by atoms with Crippen LogP contribution in [0.2, 0.25) is 0 Å². The Balaban J connectivity index is 2.37. The maximum atomic E-state index is 11.9. The minimum absolute atomic E-state index is 0.140. The Hall–Kier alpha value is -1.75. The maximum Gasteiger partial charge on any atom is 0.239 e. The quantitative estimate of drug-likeness (QED) is 0.655. The molecule has 0 saturated heterocycles. The summed E-state index contributed by atoms with van der Waals surface area (Å²) >= 11 is 0. The molecule has 1 atom stereocenters. The molecule has 0 aliphatic heterocycles. The number of nitrogens with one attached hydrogen (secondary N) is 2. The van der Waals surface area contributed by atoms with E-state index < -0.39 is 5.60 Å². The van der Waals surface area contributed by atoms with E-state index in [2.05, 4.69) is 24.5 Å². The van der Waals surface area contributed by atoms with Crippen LogP contribution in [0, 0.1) is 5.92 Å². The summed E-state index contributed by atoms with van der Waals surface area (Å²) in [5.74, 6) is 1.07. The van der Waals surface area contributed by atoms with Gasteiger partial charge in [0, 0.05) is 6.54 Å². The minimum atomic E-state index is -0.871. The number of carbonyl (C=O) groups excluding carboxylic acids is 1. The van der Waals surface area contributed by atoms with Crippen molar-refractivity contribution in [2.45, 2.75) is 39.2 Å². The lowest BCUT2D eigenvalue weighted by Crippen LogP contribution is -2.42. The number of hydrogen-bond acceptors (Lipinski definition) is 4. The summed E-state index contributed by atoms with van der Waals surface area (Å²) in [5, 5.41) is 16.0. The van der Waals surface area contributed by atoms with Crippen molar-refractivity contribution in [3.05, 3.63) is 24.3 Å². The lowest BCUT2D eigenvalue weighted by molar-refractivity contribution is -0.120. The third-order valence-electron chi connectivity index (χ3n) is 3.47. The largest absolute Gasteiger partial charge is 0.495 e. The maximum absolute atomic E-state index is 11.9. The van der Waals surface area contributed by atoms with Gasteiger partial charge in [-0.2, -0.15) is 0 Å².